The molecule has 4 heterocycles. The van der Waals surface area contributed by atoms with Gasteiger partial charge in [-0.1, -0.05) is 29.8 Å². The maximum absolute atomic E-state index is 12.2. The van der Waals surface area contributed by atoms with Crippen LogP contribution in [0.25, 0.3) is 16.6 Å². The molecule has 8 nitrogen and oxygen atoms in total. The number of hydrogen-bond acceptors (Lipinski definition) is 6. The summed E-state index contributed by atoms with van der Waals surface area (Å²) in [6.45, 7) is 0. The lowest BCUT2D eigenvalue weighted by Crippen LogP contribution is -2.33. The Morgan fingerprint density at radius 1 is 1.00 bits per heavy atom. The molecule has 0 saturated carbocycles. The summed E-state index contributed by atoms with van der Waals surface area (Å²) in [6, 6.07) is 19.4. The Balaban J connectivity index is 1.46. The minimum atomic E-state index is -1.67. The quantitative estimate of drug-likeness (QED) is 0.306. The molecule has 1 unspecified atom stereocenters. The van der Waals surface area contributed by atoms with E-state index in [9.17, 15) is 5.11 Å². The molecule has 0 radical (unpaired) electrons. The molecule has 0 spiro atoms. The van der Waals surface area contributed by atoms with E-state index in [1.54, 1.807) is 48.7 Å². The lowest BCUT2D eigenvalue weighted by atomic mass is 9.88. The van der Waals surface area contributed by atoms with E-state index in [0.717, 1.165) is 16.8 Å². The first-order valence-electron chi connectivity index (χ1n) is 12.3. The number of hydrogen-bond donors (Lipinski definition) is 1. The van der Waals surface area contributed by atoms with Crippen molar-refractivity contribution in [2.24, 2.45) is 7.05 Å². The smallest absolute Gasteiger partial charge is 0.218 e. The summed E-state index contributed by atoms with van der Waals surface area (Å²) in [7, 11) is 3.40. The number of benzene rings is 2. The summed E-state index contributed by atoms with van der Waals surface area (Å²) in [5, 5.41) is 13.4. The van der Waals surface area contributed by atoms with E-state index < -0.39 is 5.60 Å². The van der Waals surface area contributed by atoms with Gasteiger partial charge in [-0.3, -0.25) is 0 Å². The Kier molecular flexibility index (Phi) is 6.34. The molecule has 4 aromatic heterocycles. The van der Waals surface area contributed by atoms with Gasteiger partial charge in [-0.05, 0) is 53.6 Å². The number of ether oxygens (including phenoxy) is 1. The Bertz CT molecular complexity index is 1750. The SMILES string of the molecule is COc1nc2ccc(C(O)(c3ncccn3)c3cncn3C)cc2c(Cl)c1Cc1ccc(-n2cccc2)cc1. The molecule has 0 saturated heterocycles. The maximum atomic E-state index is 12.2. The fourth-order valence-corrected chi connectivity index (χ4v) is 5.17. The molecule has 9 heteroatoms. The van der Waals surface area contributed by atoms with Crippen LogP contribution < -0.4 is 4.74 Å². The number of halogens is 1. The number of aliphatic hydroxyl groups is 1. The van der Waals surface area contributed by atoms with E-state index in [2.05, 4.69) is 43.8 Å². The zero-order valence-corrected chi connectivity index (χ0v) is 22.1. The lowest BCUT2D eigenvalue weighted by Gasteiger charge is -2.27. The number of rotatable bonds is 7. The van der Waals surface area contributed by atoms with Crippen molar-refractivity contribution in [3.63, 3.8) is 0 Å². The molecular weight excluding hydrogens is 512 g/mol. The molecule has 0 aliphatic rings. The zero-order valence-electron chi connectivity index (χ0n) is 21.4. The van der Waals surface area contributed by atoms with E-state index in [1.165, 1.54) is 0 Å². The van der Waals surface area contributed by atoms with Crippen molar-refractivity contribution in [2.75, 3.05) is 7.11 Å². The van der Waals surface area contributed by atoms with Gasteiger partial charge in [0.25, 0.3) is 0 Å². The van der Waals surface area contributed by atoms with Crippen molar-refractivity contribution in [1.29, 1.82) is 0 Å². The van der Waals surface area contributed by atoms with Gasteiger partial charge >= 0.3 is 0 Å². The highest BCUT2D eigenvalue weighted by molar-refractivity contribution is 6.36. The minimum Gasteiger partial charge on any atom is -0.481 e. The predicted molar refractivity (Wildman–Crippen MR) is 149 cm³/mol. The Morgan fingerprint density at radius 3 is 2.41 bits per heavy atom. The van der Waals surface area contributed by atoms with Gasteiger partial charge in [0.1, 0.15) is 0 Å². The molecule has 0 aliphatic carbocycles. The van der Waals surface area contributed by atoms with Crippen LogP contribution in [-0.2, 0) is 19.1 Å². The summed E-state index contributed by atoms with van der Waals surface area (Å²) < 4.78 is 9.45. The van der Waals surface area contributed by atoms with Gasteiger partial charge in [-0.2, -0.15) is 0 Å². The van der Waals surface area contributed by atoms with E-state index in [1.807, 2.05) is 43.7 Å². The lowest BCUT2D eigenvalue weighted by molar-refractivity contribution is 0.107. The monoisotopic (exact) mass is 536 g/mol. The Labute approximate surface area is 230 Å². The number of aryl methyl sites for hydroxylation is 1. The second-order valence-corrected chi connectivity index (χ2v) is 9.63. The molecular formula is C30H25ClN6O2. The average molecular weight is 537 g/mol. The van der Waals surface area contributed by atoms with Crippen molar-refractivity contribution in [1.82, 2.24) is 29.1 Å². The second kappa shape index (κ2) is 9.98. The van der Waals surface area contributed by atoms with Crippen LogP contribution in [0.1, 0.15) is 28.2 Å². The highest BCUT2D eigenvalue weighted by Gasteiger charge is 2.39. The summed E-state index contributed by atoms with van der Waals surface area (Å²) >= 11 is 7.06. The molecule has 6 aromatic rings. The molecule has 0 amide bonds. The number of imidazole rings is 1. The summed E-state index contributed by atoms with van der Waals surface area (Å²) in [4.78, 5) is 17.7. The molecule has 6 rings (SSSR count). The number of pyridine rings is 1. The first kappa shape index (κ1) is 24.8. The van der Waals surface area contributed by atoms with Crippen molar-refractivity contribution in [3.8, 4) is 11.6 Å². The standard InChI is InChI=1S/C30H25ClN6O2/c1-36-19-32-18-26(36)30(38,29-33-12-5-13-34-29)21-8-11-25-23(17-21)27(31)24(28(35-25)39-2)16-20-6-9-22(10-7-20)37-14-3-4-15-37/h3-15,17-19,38H,16H2,1-2H3. The van der Waals surface area contributed by atoms with Crippen molar-refractivity contribution in [2.45, 2.75) is 12.0 Å². The third kappa shape index (κ3) is 4.33. The fraction of sp³-hybridized carbons (Fsp3) is 0.133. The van der Waals surface area contributed by atoms with Crippen LogP contribution in [0.2, 0.25) is 5.02 Å². The minimum absolute atomic E-state index is 0.230. The molecule has 2 aromatic carbocycles. The van der Waals surface area contributed by atoms with Crippen LogP contribution in [0.4, 0.5) is 0 Å². The number of nitrogens with zero attached hydrogens (tertiary/aromatic N) is 6. The first-order valence-corrected chi connectivity index (χ1v) is 12.7. The highest BCUT2D eigenvalue weighted by Crippen LogP contribution is 2.39. The normalized spacial score (nSPS) is 12.9. The molecule has 39 heavy (non-hydrogen) atoms. The number of fused-ring (bicyclic) bond motifs is 1. The zero-order chi connectivity index (χ0) is 27.0. The topological polar surface area (TPSA) is 90.9 Å². The molecule has 0 aliphatic heterocycles. The highest BCUT2D eigenvalue weighted by atomic mass is 35.5. The van der Waals surface area contributed by atoms with E-state index in [4.69, 9.17) is 21.3 Å². The van der Waals surface area contributed by atoms with Crippen molar-refractivity contribution < 1.29 is 9.84 Å². The van der Waals surface area contributed by atoms with Gasteiger partial charge in [0.05, 0.1) is 35.9 Å². The van der Waals surface area contributed by atoms with Crippen LogP contribution in [0.3, 0.4) is 0 Å². The molecule has 1 N–H and O–H groups in total. The van der Waals surface area contributed by atoms with E-state index in [-0.39, 0.29) is 5.82 Å². The van der Waals surface area contributed by atoms with Gasteiger partial charge in [0.15, 0.2) is 11.4 Å². The Morgan fingerprint density at radius 2 is 1.74 bits per heavy atom. The third-order valence-corrected chi connectivity index (χ3v) is 7.32. The number of aromatic nitrogens is 6. The molecule has 1 atom stereocenters. The largest absolute Gasteiger partial charge is 0.481 e. The third-order valence-electron chi connectivity index (χ3n) is 6.89. The van der Waals surface area contributed by atoms with Gasteiger partial charge in [0.2, 0.25) is 5.88 Å². The average Bonchev–Trinajstić information content (AvgIpc) is 3.67. The molecule has 0 fully saturated rings. The van der Waals surface area contributed by atoms with Gasteiger partial charge < -0.3 is 19.0 Å². The van der Waals surface area contributed by atoms with Crippen molar-refractivity contribution in [3.05, 3.63) is 131 Å². The van der Waals surface area contributed by atoms with Gasteiger partial charge in [-0.15, -0.1) is 0 Å². The van der Waals surface area contributed by atoms with E-state index in [0.29, 0.717) is 39.5 Å². The Hall–Kier alpha value is -4.53. The fourth-order valence-electron chi connectivity index (χ4n) is 4.87. The van der Waals surface area contributed by atoms with E-state index >= 15 is 0 Å². The van der Waals surface area contributed by atoms with Crippen LogP contribution in [0.15, 0.2) is 98.0 Å². The number of methoxy groups -OCH3 is 1. The molecule has 194 valence electrons. The second-order valence-electron chi connectivity index (χ2n) is 9.25. The molecule has 0 bridgehead atoms. The first-order chi connectivity index (χ1) is 19.0. The summed E-state index contributed by atoms with van der Waals surface area (Å²) in [6.07, 6.45) is 11.0. The van der Waals surface area contributed by atoms with Gasteiger partial charge in [-0.25, -0.2) is 19.9 Å². The van der Waals surface area contributed by atoms with Gasteiger partial charge in [0, 0.05) is 54.9 Å². The van der Waals surface area contributed by atoms with Crippen LogP contribution in [0.5, 0.6) is 5.88 Å². The maximum Gasteiger partial charge on any atom is 0.218 e. The van der Waals surface area contributed by atoms with Crippen LogP contribution >= 0.6 is 11.6 Å². The van der Waals surface area contributed by atoms with Crippen LogP contribution in [-0.4, -0.2) is 41.3 Å². The summed E-state index contributed by atoms with van der Waals surface area (Å²) in [5.41, 5.74) is 2.94. The van der Waals surface area contributed by atoms with Crippen LogP contribution in [0, 0.1) is 0 Å². The predicted octanol–water partition coefficient (Wildman–Crippen LogP) is 5.09. The summed E-state index contributed by atoms with van der Waals surface area (Å²) in [5.74, 6) is 0.691. The van der Waals surface area contributed by atoms with Crippen molar-refractivity contribution >= 4 is 22.5 Å².